The summed E-state index contributed by atoms with van der Waals surface area (Å²) in [6, 6.07) is 1.94. The molecule has 0 aromatic carbocycles. The lowest BCUT2D eigenvalue weighted by molar-refractivity contribution is -0.178. The van der Waals surface area contributed by atoms with Crippen molar-refractivity contribution < 1.29 is 9.53 Å². The minimum atomic E-state index is -0.217. The first kappa shape index (κ1) is 15.3. The fourth-order valence-electron chi connectivity index (χ4n) is 3.36. The smallest absolute Gasteiger partial charge is 0.178 e. The molecule has 1 saturated heterocycles. The van der Waals surface area contributed by atoms with Gasteiger partial charge in [0.1, 0.15) is 0 Å². The Labute approximate surface area is 121 Å². The number of ether oxygens (including phenoxy) is 1. The van der Waals surface area contributed by atoms with Crippen molar-refractivity contribution in [1.29, 1.82) is 0 Å². The standard InChI is InChI=1S/C16H26N2O2/c1-11-7-13(12(2)17-11)14(19)8-18-9-15(3,4)20-16(5,6)10-18/h7,17H,8-10H2,1-6H3. The molecule has 1 aromatic heterocycles. The molecule has 1 aliphatic rings. The fraction of sp³-hybridized carbons (Fsp3) is 0.688. The SMILES string of the molecule is Cc1cc(C(=O)CN2CC(C)(C)OC(C)(C)C2)c(C)[nH]1. The monoisotopic (exact) mass is 278 g/mol. The summed E-state index contributed by atoms with van der Waals surface area (Å²) in [5.74, 6) is 0.181. The second kappa shape index (κ2) is 5.01. The Morgan fingerprint density at radius 1 is 1.25 bits per heavy atom. The van der Waals surface area contributed by atoms with E-state index >= 15 is 0 Å². The van der Waals surface area contributed by atoms with Gasteiger partial charge in [-0.25, -0.2) is 0 Å². The third-order valence-electron chi connectivity index (χ3n) is 3.58. The van der Waals surface area contributed by atoms with Crippen LogP contribution < -0.4 is 0 Å². The lowest BCUT2D eigenvalue weighted by atomic mass is 9.98. The van der Waals surface area contributed by atoms with Gasteiger partial charge in [0.15, 0.2) is 5.78 Å². The van der Waals surface area contributed by atoms with E-state index in [-0.39, 0.29) is 17.0 Å². The molecule has 0 unspecified atom stereocenters. The van der Waals surface area contributed by atoms with Crippen molar-refractivity contribution in [3.8, 4) is 0 Å². The molecule has 2 rings (SSSR count). The Balaban J connectivity index is 2.09. The molecule has 0 saturated carbocycles. The summed E-state index contributed by atoms with van der Waals surface area (Å²) < 4.78 is 6.05. The zero-order valence-electron chi connectivity index (χ0n) is 13.5. The van der Waals surface area contributed by atoms with Crippen LogP contribution in [0.1, 0.15) is 49.4 Å². The molecule has 4 nitrogen and oxygen atoms in total. The van der Waals surface area contributed by atoms with E-state index in [9.17, 15) is 4.79 Å². The molecule has 112 valence electrons. The molecule has 4 heteroatoms. The van der Waals surface area contributed by atoms with E-state index < -0.39 is 0 Å². The number of aromatic amines is 1. The highest BCUT2D eigenvalue weighted by atomic mass is 16.5. The van der Waals surface area contributed by atoms with Crippen LogP contribution in [0.5, 0.6) is 0 Å². The number of carbonyl (C=O) groups is 1. The maximum Gasteiger partial charge on any atom is 0.178 e. The molecule has 0 atom stereocenters. The highest BCUT2D eigenvalue weighted by Crippen LogP contribution is 2.28. The average molecular weight is 278 g/mol. The van der Waals surface area contributed by atoms with Gasteiger partial charge < -0.3 is 9.72 Å². The summed E-state index contributed by atoms with van der Waals surface area (Å²) >= 11 is 0. The maximum atomic E-state index is 12.5. The van der Waals surface area contributed by atoms with Gasteiger partial charge in [0, 0.05) is 30.0 Å². The van der Waals surface area contributed by atoms with Gasteiger partial charge in [-0.15, -0.1) is 0 Å². The van der Waals surface area contributed by atoms with Crippen LogP contribution in [0.3, 0.4) is 0 Å². The normalized spacial score (nSPS) is 21.9. The first-order chi connectivity index (χ1) is 9.08. The van der Waals surface area contributed by atoms with Crippen LogP contribution in [0.4, 0.5) is 0 Å². The van der Waals surface area contributed by atoms with Gasteiger partial charge >= 0.3 is 0 Å². The van der Waals surface area contributed by atoms with Crippen LogP contribution in [0.25, 0.3) is 0 Å². The maximum absolute atomic E-state index is 12.5. The van der Waals surface area contributed by atoms with Gasteiger partial charge in [-0.2, -0.15) is 0 Å². The molecule has 0 radical (unpaired) electrons. The molecule has 0 bridgehead atoms. The highest BCUT2D eigenvalue weighted by molar-refractivity contribution is 5.98. The second-order valence-corrected chi connectivity index (χ2v) is 7.18. The molecule has 20 heavy (non-hydrogen) atoms. The molecular weight excluding hydrogens is 252 g/mol. The number of morpholine rings is 1. The summed E-state index contributed by atoms with van der Waals surface area (Å²) in [7, 11) is 0. The molecule has 0 aliphatic carbocycles. The van der Waals surface area contributed by atoms with Crippen LogP contribution in [0.2, 0.25) is 0 Å². The second-order valence-electron chi connectivity index (χ2n) is 7.18. The number of H-pyrrole nitrogens is 1. The van der Waals surface area contributed by atoms with E-state index in [1.165, 1.54) is 0 Å². The number of aromatic nitrogens is 1. The molecule has 2 heterocycles. The van der Waals surface area contributed by atoms with Gasteiger partial charge in [0.2, 0.25) is 0 Å². The van der Waals surface area contributed by atoms with E-state index in [0.717, 1.165) is 30.0 Å². The Morgan fingerprint density at radius 2 is 1.80 bits per heavy atom. The van der Waals surface area contributed by atoms with Gasteiger partial charge in [0.05, 0.1) is 17.7 Å². The van der Waals surface area contributed by atoms with Crippen molar-refractivity contribution in [1.82, 2.24) is 9.88 Å². The Morgan fingerprint density at radius 3 is 2.25 bits per heavy atom. The van der Waals surface area contributed by atoms with Crippen LogP contribution in [0.15, 0.2) is 6.07 Å². The summed E-state index contributed by atoms with van der Waals surface area (Å²) in [6.07, 6.45) is 0. The summed E-state index contributed by atoms with van der Waals surface area (Å²) in [5.41, 5.74) is 2.37. The fourth-order valence-corrected chi connectivity index (χ4v) is 3.36. The first-order valence-electron chi connectivity index (χ1n) is 7.20. The molecule has 1 fully saturated rings. The minimum absolute atomic E-state index is 0.181. The number of hydrogen-bond donors (Lipinski definition) is 1. The zero-order valence-corrected chi connectivity index (χ0v) is 13.5. The predicted octanol–water partition coefficient (Wildman–Crippen LogP) is 2.70. The molecule has 0 spiro atoms. The average Bonchev–Trinajstić information content (AvgIpc) is 2.52. The van der Waals surface area contributed by atoms with E-state index in [0.29, 0.717) is 6.54 Å². The Kier molecular flexibility index (Phi) is 3.82. The lowest BCUT2D eigenvalue weighted by Gasteiger charge is -2.47. The molecule has 0 amide bonds. The topological polar surface area (TPSA) is 45.3 Å². The lowest BCUT2D eigenvalue weighted by Crippen LogP contribution is -2.58. The van der Waals surface area contributed by atoms with Crippen molar-refractivity contribution in [2.24, 2.45) is 0 Å². The molecule has 1 aromatic rings. The third kappa shape index (κ3) is 3.49. The van der Waals surface area contributed by atoms with Gasteiger partial charge in [-0.3, -0.25) is 9.69 Å². The van der Waals surface area contributed by atoms with Crippen molar-refractivity contribution in [3.05, 3.63) is 23.0 Å². The highest BCUT2D eigenvalue weighted by Gasteiger charge is 2.38. The number of hydrogen-bond acceptors (Lipinski definition) is 3. The van der Waals surface area contributed by atoms with Crippen LogP contribution in [0, 0.1) is 13.8 Å². The quantitative estimate of drug-likeness (QED) is 0.865. The number of nitrogens with zero attached hydrogens (tertiary/aromatic N) is 1. The Hall–Kier alpha value is -1.13. The van der Waals surface area contributed by atoms with Crippen LogP contribution in [-0.4, -0.2) is 46.5 Å². The predicted molar refractivity (Wildman–Crippen MR) is 80.3 cm³/mol. The number of carbonyl (C=O) groups excluding carboxylic acids is 1. The number of aryl methyl sites for hydroxylation is 2. The number of nitrogens with one attached hydrogen (secondary N) is 1. The van der Waals surface area contributed by atoms with Crippen molar-refractivity contribution in [3.63, 3.8) is 0 Å². The van der Waals surface area contributed by atoms with Gasteiger partial charge in [-0.1, -0.05) is 0 Å². The van der Waals surface area contributed by atoms with Crippen LogP contribution in [-0.2, 0) is 4.74 Å². The zero-order chi connectivity index (χ0) is 15.1. The Bertz CT molecular complexity index is 499. The first-order valence-corrected chi connectivity index (χ1v) is 7.20. The minimum Gasteiger partial charge on any atom is -0.367 e. The molecular formula is C16H26N2O2. The summed E-state index contributed by atoms with van der Waals surface area (Å²) in [4.78, 5) is 17.9. The molecule has 1 aliphatic heterocycles. The number of Topliss-reactive ketones (excluding diaryl/α,β-unsaturated/α-hetero) is 1. The van der Waals surface area contributed by atoms with Crippen molar-refractivity contribution >= 4 is 5.78 Å². The van der Waals surface area contributed by atoms with E-state index in [2.05, 4.69) is 37.6 Å². The summed E-state index contributed by atoms with van der Waals surface area (Å²) in [6.45, 7) is 14.3. The van der Waals surface area contributed by atoms with Crippen molar-refractivity contribution in [2.75, 3.05) is 19.6 Å². The number of ketones is 1. The summed E-state index contributed by atoms with van der Waals surface area (Å²) in [5, 5.41) is 0. The largest absolute Gasteiger partial charge is 0.367 e. The number of rotatable bonds is 3. The third-order valence-corrected chi connectivity index (χ3v) is 3.58. The van der Waals surface area contributed by atoms with Crippen molar-refractivity contribution in [2.45, 2.75) is 52.7 Å². The molecule has 1 N–H and O–H groups in total. The van der Waals surface area contributed by atoms with E-state index in [1.54, 1.807) is 0 Å². The van der Waals surface area contributed by atoms with E-state index in [1.807, 2.05) is 19.9 Å². The van der Waals surface area contributed by atoms with Gasteiger partial charge in [-0.05, 0) is 47.6 Å². The van der Waals surface area contributed by atoms with E-state index in [4.69, 9.17) is 4.74 Å². The van der Waals surface area contributed by atoms with Gasteiger partial charge in [0.25, 0.3) is 0 Å². The van der Waals surface area contributed by atoms with Crippen LogP contribution >= 0.6 is 0 Å².